The summed E-state index contributed by atoms with van der Waals surface area (Å²) < 4.78 is 4.89. The normalized spacial score (nSPS) is 12.5. The van der Waals surface area contributed by atoms with Crippen LogP contribution in [0.2, 0.25) is 0 Å². The van der Waals surface area contributed by atoms with Gasteiger partial charge in [0.1, 0.15) is 0 Å². The Kier molecular flexibility index (Phi) is 8.33. The summed E-state index contributed by atoms with van der Waals surface area (Å²) in [5, 5.41) is 3.06. The van der Waals surface area contributed by atoms with Crippen molar-refractivity contribution in [3.63, 3.8) is 0 Å². The third kappa shape index (κ3) is 5.74. The molecule has 15 heavy (non-hydrogen) atoms. The van der Waals surface area contributed by atoms with Crippen LogP contribution in [0.5, 0.6) is 0 Å². The van der Waals surface area contributed by atoms with Crippen molar-refractivity contribution < 1.29 is 9.53 Å². The van der Waals surface area contributed by atoms with E-state index in [1.807, 2.05) is 11.8 Å². The molecule has 1 atom stereocenters. The molecular formula is C11H24N2O2. The molecule has 1 N–H and O–H groups in total. The van der Waals surface area contributed by atoms with Crippen LogP contribution in [0, 0.1) is 0 Å². The van der Waals surface area contributed by atoms with Gasteiger partial charge in [-0.3, -0.25) is 4.79 Å². The molecule has 4 heteroatoms. The molecule has 0 heterocycles. The van der Waals surface area contributed by atoms with Gasteiger partial charge in [-0.05, 0) is 20.3 Å². The maximum absolute atomic E-state index is 11.8. The van der Waals surface area contributed by atoms with Crippen LogP contribution in [-0.2, 0) is 9.53 Å². The molecule has 0 radical (unpaired) electrons. The molecule has 1 amide bonds. The summed E-state index contributed by atoms with van der Waals surface area (Å²) in [5.41, 5.74) is 0. The van der Waals surface area contributed by atoms with Crippen LogP contribution >= 0.6 is 0 Å². The van der Waals surface area contributed by atoms with Crippen LogP contribution in [0.25, 0.3) is 0 Å². The predicted octanol–water partition coefficient (Wildman–Crippen LogP) is 0.869. The minimum absolute atomic E-state index is 0.169. The number of carbonyl (C=O) groups is 1. The molecule has 0 aliphatic carbocycles. The van der Waals surface area contributed by atoms with E-state index in [2.05, 4.69) is 19.2 Å². The van der Waals surface area contributed by atoms with Crippen LogP contribution in [0.4, 0.5) is 0 Å². The second-order valence-corrected chi connectivity index (χ2v) is 3.61. The Labute approximate surface area is 93.0 Å². The van der Waals surface area contributed by atoms with Crippen molar-refractivity contribution >= 4 is 5.91 Å². The first-order valence-corrected chi connectivity index (χ1v) is 5.66. The van der Waals surface area contributed by atoms with Crippen molar-refractivity contribution in [3.8, 4) is 0 Å². The van der Waals surface area contributed by atoms with Crippen molar-refractivity contribution in [1.82, 2.24) is 10.2 Å². The molecule has 0 aliphatic heterocycles. The molecule has 0 spiro atoms. The number of methoxy groups -OCH3 is 1. The van der Waals surface area contributed by atoms with E-state index in [1.165, 1.54) is 0 Å². The monoisotopic (exact) mass is 216 g/mol. The van der Waals surface area contributed by atoms with Gasteiger partial charge in [0.15, 0.2) is 0 Å². The van der Waals surface area contributed by atoms with Gasteiger partial charge in [0.05, 0.1) is 13.2 Å². The predicted molar refractivity (Wildman–Crippen MR) is 61.9 cm³/mol. The van der Waals surface area contributed by atoms with Gasteiger partial charge in [0.25, 0.3) is 0 Å². The lowest BCUT2D eigenvalue weighted by Gasteiger charge is -2.27. The largest absolute Gasteiger partial charge is 0.383 e. The topological polar surface area (TPSA) is 41.6 Å². The summed E-state index contributed by atoms with van der Waals surface area (Å²) in [4.78, 5) is 13.7. The molecule has 0 aromatic rings. The second kappa shape index (κ2) is 8.68. The zero-order valence-corrected chi connectivity index (χ0v) is 10.4. The van der Waals surface area contributed by atoms with Crippen molar-refractivity contribution in [2.45, 2.75) is 33.2 Å². The van der Waals surface area contributed by atoms with Gasteiger partial charge in [-0.1, -0.05) is 6.92 Å². The zero-order chi connectivity index (χ0) is 11.7. The molecule has 1 unspecified atom stereocenters. The number of nitrogens with zero attached hydrogens (tertiary/aromatic N) is 1. The standard InChI is InChI=1S/C11H24N2O2/c1-5-10(3)13(6-2)11(14)9-12-7-8-15-4/h10,12H,5-9H2,1-4H3. The molecule has 0 aromatic heterocycles. The fourth-order valence-corrected chi connectivity index (χ4v) is 1.43. The second-order valence-electron chi connectivity index (χ2n) is 3.61. The number of hydrogen-bond donors (Lipinski definition) is 1. The third-order valence-electron chi connectivity index (χ3n) is 2.54. The molecule has 0 aromatic carbocycles. The molecular weight excluding hydrogens is 192 g/mol. The van der Waals surface area contributed by atoms with E-state index in [-0.39, 0.29) is 5.91 Å². The average Bonchev–Trinajstić information content (AvgIpc) is 2.25. The lowest BCUT2D eigenvalue weighted by Crippen LogP contribution is -2.43. The first-order valence-electron chi connectivity index (χ1n) is 5.66. The van der Waals surface area contributed by atoms with Crippen molar-refractivity contribution in [1.29, 1.82) is 0 Å². The van der Waals surface area contributed by atoms with Gasteiger partial charge >= 0.3 is 0 Å². The number of rotatable bonds is 8. The maximum atomic E-state index is 11.8. The first-order chi connectivity index (χ1) is 7.17. The molecule has 90 valence electrons. The lowest BCUT2D eigenvalue weighted by atomic mass is 10.2. The van der Waals surface area contributed by atoms with Crippen molar-refractivity contribution in [2.75, 3.05) is 33.4 Å². The van der Waals surface area contributed by atoms with Gasteiger partial charge in [0.2, 0.25) is 5.91 Å². The molecule has 0 saturated carbocycles. The Morgan fingerprint density at radius 1 is 1.47 bits per heavy atom. The summed E-state index contributed by atoms with van der Waals surface area (Å²) in [6.07, 6.45) is 0.998. The van der Waals surface area contributed by atoms with Crippen LogP contribution in [0.15, 0.2) is 0 Å². The van der Waals surface area contributed by atoms with Crippen molar-refractivity contribution in [2.24, 2.45) is 0 Å². The number of amides is 1. The third-order valence-corrected chi connectivity index (χ3v) is 2.54. The summed E-state index contributed by atoms with van der Waals surface area (Å²) in [7, 11) is 1.65. The number of likely N-dealkylation sites (N-methyl/N-ethyl adjacent to an activating group) is 1. The van der Waals surface area contributed by atoms with Crippen molar-refractivity contribution in [3.05, 3.63) is 0 Å². The van der Waals surface area contributed by atoms with Gasteiger partial charge < -0.3 is 15.0 Å². The Balaban J connectivity index is 3.83. The van der Waals surface area contributed by atoms with Crippen LogP contribution < -0.4 is 5.32 Å². The van der Waals surface area contributed by atoms with E-state index in [0.717, 1.165) is 19.5 Å². The maximum Gasteiger partial charge on any atom is 0.236 e. The van der Waals surface area contributed by atoms with Crippen LogP contribution in [0.3, 0.4) is 0 Å². The Hall–Kier alpha value is -0.610. The molecule has 0 saturated heterocycles. The quantitative estimate of drug-likeness (QED) is 0.612. The Morgan fingerprint density at radius 2 is 2.13 bits per heavy atom. The highest BCUT2D eigenvalue weighted by Gasteiger charge is 2.15. The molecule has 0 rings (SSSR count). The van der Waals surface area contributed by atoms with E-state index in [1.54, 1.807) is 7.11 Å². The average molecular weight is 216 g/mol. The van der Waals surface area contributed by atoms with Gasteiger partial charge in [-0.25, -0.2) is 0 Å². The van der Waals surface area contributed by atoms with Gasteiger partial charge in [0, 0.05) is 26.2 Å². The van der Waals surface area contributed by atoms with Gasteiger partial charge in [-0.15, -0.1) is 0 Å². The summed E-state index contributed by atoms with van der Waals surface area (Å²) in [6, 6.07) is 0.326. The number of carbonyl (C=O) groups excluding carboxylic acids is 1. The highest BCUT2D eigenvalue weighted by atomic mass is 16.5. The highest BCUT2D eigenvalue weighted by molar-refractivity contribution is 5.78. The first kappa shape index (κ1) is 14.4. The fourth-order valence-electron chi connectivity index (χ4n) is 1.43. The number of ether oxygens (including phenoxy) is 1. The summed E-state index contributed by atoms with van der Waals surface area (Å²) in [6.45, 7) is 8.74. The van der Waals surface area contributed by atoms with Crippen LogP contribution in [0.1, 0.15) is 27.2 Å². The Bertz CT molecular complexity index is 174. The van der Waals surface area contributed by atoms with E-state index in [0.29, 0.717) is 19.2 Å². The molecule has 0 bridgehead atoms. The van der Waals surface area contributed by atoms with E-state index in [4.69, 9.17) is 4.74 Å². The van der Waals surface area contributed by atoms with E-state index in [9.17, 15) is 4.79 Å². The molecule has 0 aliphatic rings. The smallest absolute Gasteiger partial charge is 0.236 e. The van der Waals surface area contributed by atoms with Crippen LogP contribution in [-0.4, -0.2) is 50.2 Å². The number of hydrogen-bond acceptors (Lipinski definition) is 3. The minimum Gasteiger partial charge on any atom is -0.383 e. The van der Waals surface area contributed by atoms with E-state index < -0.39 is 0 Å². The summed E-state index contributed by atoms with van der Waals surface area (Å²) >= 11 is 0. The minimum atomic E-state index is 0.169. The number of nitrogens with one attached hydrogen (secondary N) is 1. The highest BCUT2D eigenvalue weighted by Crippen LogP contribution is 2.02. The van der Waals surface area contributed by atoms with Gasteiger partial charge in [-0.2, -0.15) is 0 Å². The fraction of sp³-hybridized carbons (Fsp3) is 0.909. The van der Waals surface area contributed by atoms with E-state index >= 15 is 0 Å². The Morgan fingerprint density at radius 3 is 2.60 bits per heavy atom. The lowest BCUT2D eigenvalue weighted by molar-refractivity contribution is -0.132. The SMILES string of the molecule is CCC(C)N(CC)C(=O)CNCCOC. The molecule has 4 nitrogen and oxygen atoms in total. The summed E-state index contributed by atoms with van der Waals surface area (Å²) in [5.74, 6) is 0.169. The molecule has 0 fully saturated rings. The zero-order valence-electron chi connectivity index (χ0n) is 10.4.